The molecule has 3 aromatic rings. The van der Waals surface area contributed by atoms with E-state index in [1.807, 2.05) is 30.3 Å². The number of aryl methyl sites for hydroxylation is 1. The Balaban J connectivity index is 1.99. The molecule has 5 nitrogen and oxygen atoms in total. The van der Waals surface area contributed by atoms with E-state index in [4.69, 9.17) is 4.98 Å². The molecule has 1 aromatic carbocycles. The molecule has 0 fully saturated rings. The average molecular weight is 415 g/mol. The van der Waals surface area contributed by atoms with E-state index in [1.165, 1.54) is 4.88 Å². The molecule has 1 N–H and O–H groups in total. The van der Waals surface area contributed by atoms with E-state index in [0.29, 0.717) is 22.1 Å². The smallest absolute Gasteiger partial charge is 0.319 e. The summed E-state index contributed by atoms with van der Waals surface area (Å²) in [5.74, 6) is -0.331. The summed E-state index contributed by atoms with van der Waals surface area (Å²) in [7, 11) is 0. The second-order valence-electron chi connectivity index (χ2n) is 7.82. The number of carboxylic acids is 1. The van der Waals surface area contributed by atoms with Crippen LogP contribution in [0.25, 0.3) is 15.9 Å². The highest BCUT2D eigenvalue weighted by Crippen LogP contribution is 2.38. The number of thioether (sulfide) groups is 1. The van der Waals surface area contributed by atoms with E-state index in [-0.39, 0.29) is 5.56 Å². The first-order valence-corrected chi connectivity index (χ1v) is 11.0. The fraction of sp³-hybridized carbons (Fsp3) is 0.381. The van der Waals surface area contributed by atoms with Crippen LogP contribution in [-0.2, 0) is 17.6 Å². The fourth-order valence-electron chi connectivity index (χ4n) is 3.52. The van der Waals surface area contributed by atoms with Crippen molar-refractivity contribution in [3.8, 4) is 5.69 Å². The van der Waals surface area contributed by atoms with E-state index in [2.05, 4.69) is 6.92 Å². The van der Waals surface area contributed by atoms with Crippen LogP contribution in [0.2, 0.25) is 0 Å². The maximum atomic E-state index is 13.6. The Morgan fingerprint density at radius 2 is 2.04 bits per heavy atom. The summed E-state index contributed by atoms with van der Waals surface area (Å²) in [5, 5.41) is 10.7. The van der Waals surface area contributed by atoms with E-state index < -0.39 is 10.7 Å². The molecule has 0 spiro atoms. The van der Waals surface area contributed by atoms with Gasteiger partial charge in [-0.05, 0) is 56.7 Å². The van der Waals surface area contributed by atoms with Crippen molar-refractivity contribution < 1.29 is 9.90 Å². The molecule has 7 heteroatoms. The quantitative estimate of drug-likeness (QED) is 0.502. The third-order valence-corrected chi connectivity index (χ3v) is 7.46. The van der Waals surface area contributed by atoms with Crippen LogP contribution in [0, 0.1) is 5.92 Å². The van der Waals surface area contributed by atoms with E-state index in [1.54, 1.807) is 29.8 Å². The zero-order valence-electron chi connectivity index (χ0n) is 16.1. The predicted octanol–water partition coefficient (Wildman–Crippen LogP) is 4.53. The van der Waals surface area contributed by atoms with Crippen molar-refractivity contribution >= 4 is 39.3 Å². The summed E-state index contributed by atoms with van der Waals surface area (Å²) in [6, 6.07) is 9.34. The second kappa shape index (κ2) is 7.04. The molecule has 4 rings (SSSR count). The van der Waals surface area contributed by atoms with Crippen molar-refractivity contribution in [2.24, 2.45) is 5.92 Å². The lowest BCUT2D eigenvalue weighted by molar-refractivity contribution is -0.138. The van der Waals surface area contributed by atoms with Gasteiger partial charge in [-0.1, -0.05) is 36.9 Å². The first-order valence-electron chi connectivity index (χ1n) is 9.33. The van der Waals surface area contributed by atoms with Crippen LogP contribution in [0.5, 0.6) is 0 Å². The van der Waals surface area contributed by atoms with E-state index in [9.17, 15) is 14.7 Å². The second-order valence-corrected chi connectivity index (χ2v) is 10.5. The molecule has 1 atom stereocenters. The third kappa shape index (κ3) is 3.26. The maximum Gasteiger partial charge on any atom is 0.319 e. The van der Waals surface area contributed by atoms with Crippen LogP contribution in [0.15, 0.2) is 40.3 Å². The number of nitrogens with zero attached hydrogens (tertiary/aromatic N) is 2. The standard InChI is InChI=1S/C21H22N2O3S2/c1-12-9-10-14-15(11-12)27-17-16(14)18(24)23(13-7-5-4-6-8-13)20(22-17)28-21(2,3)19(25)26/h4-8,12H,9-11H2,1-3H3,(H,25,26). The summed E-state index contributed by atoms with van der Waals surface area (Å²) < 4.78 is 0.470. The lowest BCUT2D eigenvalue weighted by Gasteiger charge is -2.21. The molecule has 146 valence electrons. The maximum absolute atomic E-state index is 13.6. The van der Waals surface area contributed by atoms with Gasteiger partial charge in [0.2, 0.25) is 0 Å². The topological polar surface area (TPSA) is 72.2 Å². The lowest BCUT2D eigenvalue weighted by atomic mass is 9.89. The summed E-state index contributed by atoms with van der Waals surface area (Å²) in [4.78, 5) is 32.0. The fourth-order valence-corrected chi connectivity index (χ4v) is 5.91. The zero-order valence-corrected chi connectivity index (χ0v) is 17.7. The normalized spacial score (nSPS) is 16.9. The number of fused-ring (bicyclic) bond motifs is 3. The first-order chi connectivity index (χ1) is 13.3. The van der Waals surface area contributed by atoms with Crippen molar-refractivity contribution in [2.75, 3.05) is 0 Å². The number of thiophene rings is 1. The average Bonchev–Trinajstić information content (AvgIpc) is 2.99. The lowest BCUT2D eigenvalue weighted by Crippen LogP contribution is -2.30. The van der Waals surface area contributed by atoms with Crippen LogP contribution >= 0.6 is 23.1 Å². The number of hydrogen-bond acceptors (Lipinski definition) is 5. The number of rotatable bonds is 4. The van der Waals surface area contributed by atoms with Gasteiger partial charge in [0.05, 0.1) is 11.1 Å². The van der Waals surface area contributed by atoms with Gasteiger partial charge in [0.1, 0.15) is 9.58 Å². The summed E-state index contributed by atoms with van der Waals surface area (Å²) in [6.07, 6.45) is 2.95. The third-order valence-electron chi connectivity index (χ3n) is 5.17. The summed E-state index contributed by atoms with van der Waals surface area (Å²) >= 11 is 2.69. The van der Waals surface area contributed by atoms with Crippen molar-refractivity contribution in [1.82, 2.24) is 9.55 Å². The van der Waals surface area contributed by atoms with Crippen LogP contribution in [0.4, 0.5) is 0 Å². The molecule has 0 radical (unpaired) electrons. The molecule has 28 heavy (non-hydrogen) atoms. The minimum atomic E-state index is -1.10. The van der Waals surface area contributed by atoms with Gasteiger partial charge < -0.3 is 5.11 Å². The Bertz CT molecular complexity index is 1120. The number of carbonyl (C=O) groups is 1. The number of benzene rings is 1. The highest BCUT2D eigenvalue weighted by Gasteiger charge is 2.32. The molecule has 2 heterocycles. The summed E-state index contributed by atoms with van der Waals surface area (Å²) in [6.45, 7) is 5.50. The Morgan fingerprint density at radius 3 is 2.71 bits per heavy atom. The van der Waals surface area contributed by atoms with Crippen molar-refractivity contribution in [3.63, 3.8) is 0 Å². The summed E-state index contributed by atoms with van der Waals surface area (Å²) in [5.41, 5.74) is 1.73. The number of para-hydroxylation sites is 1. The van der Waals surface area contributed by atoms with Gasteiger partial charge in [0, 0.05) is 4.88 Å². The van der Waals surface area contributed by atoms with Crippen LogP contribution in [0.1, 0.15) is 37.6 Å². The highest BCUT2D eigenvalue weighted by molar-refractivity contribution is 8.01. The van der Waals surface area contributed by atoms with Gasteiger partial charge in [-0.15, -0.1) is 11.3 Å². The molecule has 2 aromatic heterocycles. The minimum Gasteiger partial charge on any atom is -0.480 e. The molecule has 0 amide bonds. The van der Waals surface area contributed by atoms with Crippen molar-refractivity contribution in [1.29, 1.82) is 0 Å². The van der Waals surface area contributed by atoms with Crippen molar-refractivity contribution in [3.05, 3.63) is 51.1 Å². The van der Waals surface area contributed by atoms with Gasteiger partial charge in [0.15, 0.2) is 5.16 Å². The van der Waals surface area contributed by atoms with Gasteiger partial charge in [-0.3, -0.25) is 14.2 Å². The molecule has 1 aliphatic carbocycles. The van der Waals surface area contributed by atoms with Gasteiger partial charge in [-0.2, -0.15) is 0 Å². The Hall–Kier alpha value is -2.12. The van der Waals surface area contributed by atoms with E-state index in [0.717, 1.165) is 41.4 Å². The van der Waals surface area contributed by atoms with Gasteiger partial charge in [0.25, 0.3) is 5.56 Å². The molecular formula is C21H22N2O3S2. The number of aliphatic carboxylic acids is 1. The molecule has 1 unspecified atom stereocenters. The molecule has 0 bridgehead atoms. The van der Waals surface area contributed by atoms with Crippen LogP contribution in [-0.4, -0.2) is 25.4 Å². The minimum absolute atomic E-state index is 0.105. The van der Waals surface area contributed by atoms with E-state index >= 15 is 0 Å². The number of hydrogen-bond donors (Lipinski definition) is 1. The SMILES string of the molecule is CC1CCc2c(sc3nc(SC(C)(C)C(=O)O)n(-c4ccccc4)c(=O)c23)C1. The Kier molecular flexibility index (Phi) is 4.83. The van der Waals surface area contributed by atoms with Crippen LogP contribution in [0.3, 0.4) is 0 Å². The zero-order chi connectivity index (χ0) is 20.1. The molecule has 0 saturated carbocycles. The molecule has 1 aliphatic rings. The predicted molar refractivity (Wildman–Crippen MR) is 114 cm³/mol. The van der Waals surface area contributed by atoms with Crippen molar-refractivity contribution in [2.45, 2.75) is 49.9 Å². The molecule has 0 aliphatic heterocycles. The Morgan fingerprint density at radius 1 is 1.32 bits per heavy atom. The highest BCUT2D eigenvalue weighted by atomic mass is 32.2. The van der Waals surface area contributed by atoms with Gasteiger partial charge >= 0.3 is 5.97 Å². The number of carboxylic acid groups (broad SMARTS) is 1. The molecule has 0 saturated heterocycles. The number of aromatic nitrogens is 2. The largest absolute Gasteiger partial charge is 0.480 e. The van der Waals surface area contributed by atoms with Gasteiger partial charge in [-0.25, -0.2) is 4.98 Å². The first kappa shape index (κ1) is 19.2. The van der Waals surface area contributed by atoms with Crippen LogP contribution < -0.4 is 5.56 Å². The monoisotopic (exact) mass is 414 g/mol. The molecular weight excluding hydrogens is 392 g/mol. The Labute approximate surface area is 171 Å².